The van der Waals surface area contributed by atoms with Crippen molar-refractivity contribution >= 4 is 21.4 Å². The SMILES string of the molecule is CCS(=O)(=O)c1cccc(NC(=O)c2cc(C(F)(F)F)cc(C(F)(F)F)c2)c1. The number of carbonyl (C=O) groups is 1. The van der Waals surface area contributed by atoms with Crippen molar-refractivity contribution in [3.63, 3.8) is 0 Å². The molecule has 0 radical (unpaired) electrons. The first-order valence-corrected chi connectivity index (χ1v) is 9.33. The zero-order chi connectivity index (χ0) is 21.3. The predicted molar refractivity (Wildman–Crippen MR) is 88.6 cm³/mol. The molecule has 2 aromatic carbocycles. The van der Waals surface area contributed by atoms with E-state index in [0.717, 1.165) is 6.07 Å². The predicted octanol–water partition coefficient (Wildman–Crippen LogP) is 4.77. The Labute approximate surface area is 156 Å². The third kappa shape index (κ3) is 5.03. The van der Waals surface area contributed by atoms with Gasteiger partial charge in [-0.15, -0.1) is 0 Å². The van der Waals surface area contributed by atoms with Gasteiger partial charge in [-0.25, -0.2) is 8.42 Å². The van der Waals surface area contributed by atoms with E-state index in [9.17, 15) is 39.6 Å². The van der Waals surface area contributed by atoms with Crippen molar-refractivity contribution in [1.29, 1.82) is 0 Å². The van der Waals surface area contributed by atoms with Crippen LogP contribution in [0.5, 0.6) is 0 Å². The van der Waals surface area contributed by atoms with Crippen LogP contribution in [-0.4, -0.2) is 20.1 Å². The molecule has 0 spiro atoms. The first-order valence-electron chi connectivity index (χ1n) is 7.67. The monoisotopic (exact) mass is 425 g/mol. The van der Waals surface area contributed by atoms with Gasteiger partial charge in [-0.1, -0.05) is 13.0 Å². The molecule has 0 aliphatic heterocycles. The highest BCUT2D eigenvalue weighted by molar-refractivity contribution is 7.91. The number of amides is 1. The molecule has 2 rings (SSSR count). The van der Waals surface area contributed by atoms with Crippen molar-refractivity contribution in [2.45, 2.75) is 24.2 Å². The lowest BCUT2D eigenvalue weighted by Gasteiger charge is -2.14. The molecule has 0 saturated carbocycles. The minimum atomic E-state index is -5.09. The summed E-state index contributed by atoms with van der Waals surface area (Å²) in [6, 6.07) is 5.34. The van der Waals surface area contributed by atoms with Gasteiger partial charge in [-0.05, 0) is 36.4 Å². The molecular weight excluding hydrogens is 412 g/mol. The number of benzene rings is 2. The van der Waals surface area contributed by atoms with Crippen LogP contribution in [0.1, 0.15) is 28.4 Å². The molecule has 28 heavy (non-hydrogen) atoms. The Hall–Kier alpha value is -2.56. The number of rotatable bonds is 4. The van der Waals surface area contributed by atoms with Gasteiger partial charge in [0.05, 0.1) is 21.8 Å². The van der Waals surface area contributed by atoms with Crippen molar-refractivity contribution in [3.05, 3.63) is 59.2 Å². The highest BCUT2D eigenvalue weighted by atomic mass is 32.2. The van der Waals surface area contributed by atoms with Gasteiger partial charge in [0.2, 0.25) is 0 Å². The molecule has 1 amide bonds. The number of nitrogens with one attached hydrogen (secondary N) is 1. The summed E-state index contributed by atoms with van der Waals surface area (Å²) in [4.78, 5) is 12.1. The second kappa shape index (κ2) is 7.46. The Bertz CT molecular complexity index is 964. The molecule has 0 fully saturated rings. The van der Waals surface area contributed by atoms with Gasteiger partial charge >= 0.3 is 12.4 Å². The summed E-state index contributed by atoms with van der Waals surface area (Å²) in [5, 5.41) is 2.11. The van der Waals surface area contributed by atoms with Crippen molar-refractivity contribution in [2.24, 2.45) is 0 Å². The summed E-state index contributed by atoms with van der Waals surface area (Å²) in [5.41, 5.74) is -4.22. The number of halogens is 6. The van der Waals surface area contributed by atoms with E-state index in [4.69, 9.17) is 0 Å². The van der Waals surface area contributed by atoms with E-state index in [1.165, 1.54) is 25.1 Å². The summed E-state index contributed by atoms with van der Waals surface area (Å²) in [5.74, 6) is -1.48. The van der Waals surface area contributed by atoms with Crippen molar-refractivity contribution < 1.29 is 39.6 Å². The van der Waals surface area contributed by atoms with Crippen LogP contribution in [0.2, 0.25) is 0 Å². The topological polar surface area (TPSA) is 63.2 Å². The van der Waals surface area contributed by atoms with E-state index in [0.29, 0.717) is 0 Å². The van der Waals surface area contributed by atoms with E-state index < -0.39 is 44.8 Å². The molecule has 152 valence electrons. The maximum Gasteiger partial charge on any atom is 0.416 e. The maximum absolute atomic E-state index is 12.9. The molecule has 11 heteroatoms. The van der Waals surface area contributed by atoms with Crippen molar-refractivity contribution in [3.8, 4) is 0 Å². The number of carbonyl (C=O) groups excluding carboxylic acids is 1. The van der Waals surface area contributed by atoms with Crippen LogP contribution < -0.4 is 5.32 Å². The third-order valence-electron chi connectivity index (χ3n) is 3.68. The number of alkyl halides is 6. The summed E-state index contributed by atoms with van der Waals surface area (Å²) in [6.45, 7) is 1.39. The molecule has 4 nitrogen and oxygen atoms in total. The summed E-state index contributed by atoms with van der Waals surface area (Å²) < 4.78 is 101. The second-order valence-electron chi connectivity index (χ2n) is 5.68. The van der Waals surface area contributed by atoms with Crippen LogP contribution in [0.3, 0.4) is 0 Å². The van der Waals surface area contributed by atoms with Gasteiger partial charge in [-0.2, -0.15) is 26.3 Å². The highest BCUT2D eigenvalue weighted by Gasteiger charge is 2.37. The Morgan fingerprint density at radius 3 is 1.93 bits per heavy atom. The summed E-state index contributed by atoms with van der Waals surface area (Å²) in [6.07, 6.45) is -10.2. The van der Waals surface area contributed by atoms with Crippen LogP contribution in [0.4, 0.5) is 32.0 Å². The molecule has 1 N–H and O–H groups in total. The zero-order valence-electron chi connectivity index (χ0n) is 14.1. The fraction of sp³-hybridized carbons (Fsp3) is 0.235. The van der Waals surface area contributed by atoms with E-state index in [-0.39, 0.29) is 34.5 Å². The fourth-order valence-corrected chi connectivity index (χ4v) is 3.15. The smallest absolute Gasteiger partial charge is 0.322 e. The van der Waals surface area contributed by atoms with E-state index in [2.05, 4.69) is 5.32 Å². The largest absolute Gasteiger partial charge is 0.416 e. The van der Waals surface area contributed by atoms with Crippen molar-refractivity contribution in [2.75, 3.05) is 11.1 Å². The van der Waals surface area contributed by atoms with Gasteiger partial charge in [0, 0.05) is 11.3 Å². The first-order chi connectivity index (χ1) is 12.7. The van der Waals surface area contributed by atoms with Crippen LogP contribution in [-0.2, 0) is 22.2 Å². The van der Waals surface area contributed by atoms with Gasteiger partial charge in [0.1, 0.15) is 0 Å². The van der Waals surface area contributed by atoms with Gasteiger partial charge in [0.25, 0.3) is 5.91 Å². The number of sulfone groups is 1. The minimum Gasteiger partial charge on any atom is -0.322 e. The third-order valence-corrected chi connectivity index (χ3v) is 5.41. The molecule has 2 aromatic rings. The average molecular weight is 425 g/mol. The quantitative estimate of drug-likeness (QED) is 0.718. The van der Waals surface area contributed by atoms with E-state index in [1.807, 2.05) is 0 Å². The normalized spacial score (nSPS) is 12.7. The van der Waals surface area contributed by atoms with E-state index in [1.54, 1.807) is 0 Å². The molecular formula is C17H13F6NO3S. The first kappa shape index (κ1) is 21.7. The van der Waals surface area contributed by atoms with Crippen LogP contribution in [0.25, 0.3) is 0 Å². The average Bonchev–Trinajstić information content (AvgIpc) is 2.60. The lowest BCUT2D eigenvalue weighted by Crippen LogP contribution is -2.17. The maximum atomic E-state index is 12.9. The number of hydrogen-bond acceptors (Lipinski definition) is 3. The van der Waals surface area contributed by atoms with Crippen LogP contribution in [0, 0.1) is 0 Å². The molecule has 0 aromatic heterocycles. The lowest BCUT2D eigenvalue weighted by atomic mass is 10.0. The highest BCUT2D eigenvalue weighted by Crippen LogP contribution is 2.36. The Balaban J connectivity index is 2.43. The Morgan fingerprint density at radius 1 is 0.929 bits per heavy atom. The Kier molecular flexibility index (Phi) is 5.79. The molecule has 0 atom stereocenters. The van der Waals surface area contributed by atoms with E-state index >= 15 is 0 Å². The molecule has 0 heterocycles. The second-order valence-corrected chi connectivity index (χ2v) is 7.96. The van der Waals surface area contributed by atoms with Gasteiger partial charge in [-0.3, -0.25) is 4.79 Å². The molecule has 0 saturated heterocycles. The summed E-state index contributed by atoms with van der Waals surface area (Å²) >= 11 is 0. The van der Waals surface area contributed by atoms with Crippen LogP contribution in [0.15, 0.2) is 47.4 Å². The molecule has 0 bridgehead atoms. The molecule has 0 aliphatic rings. The lowest BCUT2D eigenvalue weighted by molar-refractivity contribution is -0.143. The van der Waals surface area contributed by atoms with Gasteiger partial charge in [0.15, 0.2) is 9.84 Å². The number of anilines is 1. The fourth-order valence-electron chi connectivity index (χ4n) is 2.22. The summed E-state index contributed by atoms with van der Waals surface area (Å²) in [7, 11) is -3.62. The standard InChI is InChI=1S/C17H13F6NO3S/c1-2-28(26,27)14-5-3-4-13(9-14)24-15(25)10-6-11(16(18,19)20)8-12(7-10)17(21,22)23/h3-9H,2H2,1H3,(H,24,25). The minimum absolute atomic E-state index is 0.0920. The Morgan fingerprint density at radius 2 is 1.46 bits per heavy atom. The van der Waals surface area contributed by atoms with Crippen molar-refractivity contribution in [1.82, 2.24) is 0 Å². The van der Waals surface area contributed by atoms with Gasteiger partial charge < -0.3 is 5.32 Å². The molecule has 0 unspecified atom stereocenters. The van der Waals surface area contributed by atoms with Crippen LogP contribution >= 0.6 is 0 Å². The zero-order valence-corrected chi connectivity index (χ0v) is 15.0. The number of hydrogen-bond donors (Lipinski definition) is 1. The molecule has 0 aliphatic carbocycles.